The van der Waals surface area contributed by atoms with Crippen LogP contribution in [-0.4, -0.2) is 20.7 Å². The van der Waals surface area contributed by atoms with Crippen molar-refractivity contribution < 1.29 is 9.53 Å². The van der Waals surface area contributed by atoms with Crippen LogP contribution in [-0.2, 0) is 9.53 Å². The van der Waals surface area contributed by atoms with Crippen LogP contribution in [0.25, 0.3) is 5.20 Å². The van der Waals surface area contributed by atoms with Gasteiger partial charge in [0.15, 0.2) is 0 Å². The molecule has 0 bridgehead atoms. The van der Waals surface area contributed by atoms with Gasteiger partial charge in [0.1, 0.15) is 0 Å². The maximum atomic E-state index is 11.6. The molecule has 0 unspecified atom stereocenters. The van der Waals surface area contributed by atoms with E-state index in [0.717, 1.165) is 10.8 Å². The highest BCUT2D eigenvalue weighted by Gasteiger charge is 2.22. The molecule has 1 aromatic rings. The molecule has 0 aliphatic rings. The summed E-state index contributed by atoms with van der Waals surface area (Å²) >= 11 is 0. The molecule has 1 rings (SSSR count). The molecule has 17 heavy (non-hydrogen) atoms. The Bertz CT molecular complexity index is 402. The summed E-state index contributed by atoms with van der Waals surface area (Å²) in [4.78, 5) is 11.6. The highest BCUT2D eigenvalue weighted by atomic mass is 28.3. The number of benzene rings is 1. The van der Waals surface area contributed by atoms with Gasteiger partial charge in [-0.3, -0.25) is 0 Å². The van der Waals surface area contributed by atoms with Gasteiger partial charge in [-0.1, -0.05) is 50.0 Å². The van der Waals surface area contributed by atoms with Crippen molar-refractivity contribution in [2.45, 2.75) is 26.6 Å². The van der Waals surface area contributed by atoms with Crippen LogP contribution in [0.15, 0.2) is 36.4 Å². The van der Waals surface area contributed by atoms with Crippen molar-refractivity contribution in [2.24, 2.45) is 0 Å². The molecule has 0 radical (unpaired) electrons. The van der Waals surface area contributed by atoms with E-state index < -0.39 is 8.07 Å². The van der Waals surface area contributed by atoms with Gasteiger partial charge >= 0.3 is 5.97 Å². The topological polar surface area (TPSA) is 26.3 Å². The average molecular weight is 248 g/mol. The Morgan fingerprint density at radius 2 is 1.82 bits per heavy atom. The Labute approximate surface area is 104 Å². The van der Waals surface area contributed by atoms with Crippen molar-refractivity contribution >= 4 is 19.2 Å². The van der Waals surface area contributed by atoms with Gasteiger partial charge in [0.2, 0.25) is 0 Å². The minimum atomic E-state index is -1.56. The van der Waals surface area contributed by atoms with Gasteiger partial charge in [-0.05, 0) is 17.7 Å². The summed E-state index contributed by atoms with van der Waals surface area (Å²) in [7, 11) is -1.56. The number of carbonyl (C=O) groups excluding carboxylic acids is 1. The predicted octanol–water partition coefficient (Wildman–Crippen LogP) is 3.51. The van der Waals surface area contributed by atoms with Gasteiger partial charge in [-0.15, -0.1) is 0 Å². The molecule has 0 N–H and O–H groups in total. The van der Waals surface area contributed by atoms with E-state index in [-0.39, 0.29) is 5.97 Å². The second-order valence-corrected chi connectivity index (χ2v) is 9.96. The highest BCUT2D eigenvalue weighted by Crippen LogP contribution is 2.25. The van der Waals surface area contributed by atoms with Crippen LogP contribution in [0.2, 0.25) is 19.6 Å². The van der Waals surface area contributed by atoms with Crippen LogP contribution in [0, 0.1) is 0 Å². The van der Waals surface area contributed by atoms with E-state index in [2.05, 4.69) is 19.6 Å². The molecule has 0 aromatic heterocycles. The van der Waals surface area contributed by atoms with Gasteiger partial charge in [-0.25, -0.2) is 4.79 Å². The lowest BCUT2D eigenvalue weighted by molar-refractivity contribution is -0.137. The summed E-state index contributed by atoms with van der Waals surface area (Å²) in [5, 5.41) is 1.14. The zero-order valence-corrected chi connectivity index (χ0v) is 12.0. The van der Waals surface area contributed by atoms with Crippen LogP contribution in [0.3, 0.4) is 0 Å². The van der Waals surface area contributed by atoms with E-state index in [4.69, 9.17) is 4.74 Å². The predicted molar refractivity (Wildman–Crippen MR) is 74.4 cm³/mol. The molecule has 0 fully saturated rings. The first kappa shape index (κ1) is 13.7. The fourth-order valence-corrected chi connectivity index (χ4v) is 3.24. The molecule has 0 heterocycles. The molecule has 0 spiro atoms. The molecule has 0 aliphatic carbocycles. The second kappa shape index (κ2) is 5.82. The molecule has 0 saturated heterocycles. The largest absolute Gasteiger partial charge is 0.463 e. The van der Waals surface area contributed by atoms with E-state index in [1.54, 1.807) is 6.08 Å². The van der Waals surface area contributed by atoms with Crippen molar-refractivity contribution in [3.8, 4) is 0 Å². The third-order valence-corrected chi connectivity index (χ3v) is 4.49. The lowest BCUT2D eigenvalue weighted by Gasteiger charge is -2.21. The van der Waals surface area contributed by atoms with Crippen molar-refractivity contribution in [3.63, 3.8) is 0 Å². The summed E-state index contributed by atoms with van der Waals surface area (Å²) in [5.41, 5.74) is 1.12. The lowest BCUT2D eigenvalue weighted by Crippen LogP contribution is -2.24. The third-order valence-electron chi connectivity index (χ3n) is 2.44. The number of carbonyl (C=O) groups is 1. The summed E-state index contributed by atoms with van der Waals surface area (Å²) in [6.07, 6.45) is 1.66. The van der Waals surface area contributed by atoms with Gasteiger partial charge in [0, 0.05) is 6.08 Å². The lowest BCUT2D eigenvalue weighted by atomic mass is 10.2. The Morgan fingerprint density at radius 3 is 2.29 bits per heavy atom. The Balaban J connectivity index is 3.10. The highest BCUT2D eigenvalue weighted by molar-refractivity contribution is 6.94. The van der Waals surface area contributed by atoms with Gasteiger partial charge in [0.05, 0.1) is 14.7 Å². The number of esters is 1. The molecule has 3 heteroatoms. The van der Waals surface area contributed by atoms with Crippen molar-refractivity contribution in [2.75, 3.05) is 6.61 Å². The number of rotatable bonds is 4. The number of hydrogen-bond acceptors (Lipinski definition) is 2. The van der Waals surface area contributed by atoms with Crippen molar-refractivity contribution in [1.29, 1.82) is 0 Å². The SMILES string of the molecule is CCOC(=O)/C=C(\c1ccccc1)[Si](C)(C)C. The molecule has 0 aliphatic heterocycles. The maximum absolute atomic E-state index is 11.6. The van der Waals surface area contributed by atoms with Gasteiger partial charge < -0.3 is 4.74 Å². The quantitative estimate of drug-likeness (QED) is 0.463. The number of hydrogen-bond donors (Lipinski definition) is 0. The Kier molecular flexibility index (Phi) is 4.69. The summed E-state index contributed by atoms with van der Waals surface area (Å²) in [6.45, 7) is 8.92. The standard InChI is InChI=1S/C14H20O2Si/c1-5-16-14(15)11-13(17(2,3)4)12-9-7-6-8-10-12/h6-11H,5H2,1-4H3/b13-11+. The maximum Gasteiger partial charge on any atom is 0.330 e. The molecule has 2 nitrogen and oxygen atoms in total. The zero-order chi connectivity index (χ0) is 12.9. The zero-order valence-electron chi connectivity index (χ0n) is 11.0. The summed E-state index contributed by atoms with van der Waals surface area (Å²) < 4.78 is 5.00. The average Bonchev–Trinajstić information content (AvgIpc) is 2.26. The van der Waals surface area contributed by atoms with E-state index in [0.29, 0.717) is 6.61 Å². The fourth-order valence-electron chi connectivity index (χ4n) is 1.65. The van der Waals surface area contributed by atoms with E-state index in [9.17, 15) is 4.79 Å². The third kappa shape index (κ3) is 4.19. The molecule has 92 valence electrons. The first-order valence-electron chi connectivity index (χ1n) is 5.89. The van der Waals surface area contributed by atoms with Crippen LogP contribution < -0.4 is 0 Å². The second-order valence-electron chi connectivity index (χ2n) is 4.93. The van der Waals surface area contributed by atoms with Crippen molar-refractivity contribution in [3.05, 3.63) is 42.0 Å². The molecular formula is C14H20O2Si. The normalized spacial score (nSPS) is 12.4. The monoisotopic (exact) mass is 248 g/mol. The van der Waals surface area contributed by atoms with E-state index >= 15 is 0 Å². The molecule has 0 atom stereocenters. The van der Waals surface area contributed by atoms with Crippen molar-refractivity contribution in [1.82, 2.24) is 0 Å². The fraction of sp³-hybridized carbons (Fsp3) is 0.357. The van der Waals surface area contributed by atoms with Gasteiger partial charge in [-0.2, -0.15) is 0 Å². The van der Waals surface area contributed by atoms with Crippen LogP contribution in [0.1, 0.15) is 12.5 Å². The smallest absolute Gasteiger partial charge is 0.330 e. The Morgan fingerprint density at radius 1 is 1.24 bits per heavy atom. The summed E-state index contributed by atoms with van der Waals surface area (Å²) in [5.74, 6) is -0.242. The molecule has 0 amide bonds. The van der Waals surface area contributed by atoms with E-state index in [1.807, 2.05) is 37.3 Å². The number of ether oxygens (including phenoxy) is 1. The molecule has 0 saturated carbocycles. The first-order valence-corrected chi connectivity index (χ1v) is 9.39. The van der Waals surface area contributed by atoms with E-state index in [1.165, 1.54) is 0 Å². The summed E-state index contributed by atoms with van der Waals surface area (Å²) in [6, 6.07) is 10.1. The Hall–Kier alpha value is -1.35. The minimum Gasteiger partial charge on any atom is -0.463 e. The van der Waals surface area contributed by atoms with Crippen LogP contribution >= 0.6 is 0 Å². The van der Waals surface area contributed by atoms with Gasteiger partial charge in [0.25, 0.3) is 0 Å². The van der Waals surface area contributed by atoms with Crippen LogP contribution in [0.4, 0.5) is 0 Å². The first-order chi connectivity index (χ1) is 7.95. The minimum absolute atomic E-state index is 0.242. The molecular weight excluding hydrogens is 228 g/mol. The van der Waals surface area contributed by atoms with Crippen LogP contribution in [0.5, 0.6) is 0 Å². The molecule has 1 aromatic carbocycles.